The van der Waals surface area contributed by atoms with E-state index >= 15 is 0 Å². The fraction of sp³-hybridized carbons (Fsp3) is 0.409. The minimum absolute atomic E-state index is 0.0647. The van der Waals surface area contributed by atoms with Crippen LogP contribution in [0.5, 0.6) is 5.75 Å². The third kappa shape index (κ3) is 6.85. The maximum absolute atomic E-state index is 13.0. The SMILES string of the molecule is CCO[C@H](C(=O)Cc1nnc(N[C@@H]2CCN(c3cccnn3)C2)s1)c1cccc(OC(F)(F)F)c1. The van der Waals surface area contributed by atoms with Crippen LogP contribution in [-0.4, -0.2) is 58.3 Å². The molecule has 1 fully saturated rings. The van der Waals surface area contributed by atoms with Gasteiger partial charge in [-0.3, -0.25) is 4.79 Å². The number of hydrogen-bond donors (Lipinski definition) is 1. The number of nitrogens with one attached hydrogen (secondary N) is 1. The Morgan fingerprint density at radius 1 is 1.26 bits per heavy atom. The van der Waals surface area contributed by atoms with Gasteiger partial charge in [-0.25, -0.2) is 0 Å². The molecule has 1 aromatic carbocycles. The second kappa shape index (κ2) is 11.0. The van der Waals surface area contributed by atoms with E-state index in [1.807, 2.05) is 12.1 Å². The predicted molar refractivity (Wildman–Crippen MR) is 122 cm³/mol. The molecule has 3 aromatic rings. The lowest BCUT2D eigenvalue weighted by molar-refractivity contribution is -0.274. The van der Waals surface area contributed by atoms with E-state index in [0.29, 0.717) is 10.1 Å². The summed E-state index contributed by atoms with van der Waals surface area (Å²) < 4.78 is 47.2. The molecule has 0 spiro atoms. The summed E-state index contributed by atoms with van der Waals surface area (Å²) in [6.07, 6.45) is -3.43. The van der Waals surface area contributed by atoms with E-state index in [9.17, 15) is 18.0 Å². The molecular weight excluding hydrogens is 485 g/mol. The van der Waals surface area contributed by atoms with Crippen LogP contribution in [-0.2, 0) is 16.0 Å². The standard InChI is InChI=1S/C22H23F3N6O3S/c1-2-33-20(14-5-3-6-16(11-14)34-22(23,24)25)17(32)12-19-29-30-21(35-19)27-15-8-10-31(13-15)18-7-4-9-26-28-18/h3-7,9,11,15,20H,2,8,10,12-13H2,1H3,(H,27,30)/t15-,20+/m1/s1. The smallest absolute Gasteiger partial charge is 0.406 e. The fourth-order valence-electron chi connectivity index (χ4n) is 3.76. The average Bonchev–Trinajstić information content (AvgIpc) is 3.47. The van der Waals surface area contributed by atoms with Gasteiger partial charge in [0, 0.05) is 31.9 Å². The molecule has 2 atom stereocenters. The average molecular weight is 509 g/mol. The molecule has 9 nitrogen and oxygen atoms in total. The molecule has 186 valence electrons. The highest BCUT2D eigenvalue weighted by molar-refractivity contribution is 7.15. The summed E-state index contributed by atoms with van der Waals surface area (Å²) in [5, 5.41) is 20.7. The van der Waals surface area contributed by atoms with E-state index in [4.69, 9.17) is 4.74 Å². The molecule has 0 saturated carbocycles. The van der Waals surface area contributed by atoms with Crippen molar-refractivity contribution in [3.05, 3.63) is 53.2 Å². The van der Waals surface area contributed by atoms with Crippen LogP contribution in [0.1, 0.15) is 30.0 Å². The number of halogens is 3. The van der Waals surface area contributed by atoms with Crippen LogP contribution in [0.4, 0.5) is 24.1 Å². The minimum Gasteiger partial charge on any atom is -0.406 e. The molecule has 0 radical (unpaired) electrons. The van der Waals surface area contributed by atoms with Crippen molar-refractivity contribution in [3.63, 3.8) is 0 Å². The lowest BCUT2D eigenvalue weighted by Gasteiger charge is -2.17. The van der Waals surface area contributed by atoms with E-state index in [-0.39, 0.29) is 30.4 Å². The topological polar surface area (TPSA) is 102 Å². The highest BCUT2D eigenvalue weighted by atomic mass is 32.1. The van der Waals surface area contributed by atoms with Gasteiger partial charge >= 0.3 is 6.36 Å². The Hall–Kier alpha value is -3.32. The first-order valence-electron chi connectivity index (χ1n) is 10.9. The quantitative estimate of drug-likeness (QED) is 0.438. The maximum atomic E-state index is 13.0. The largest absolute Gasteiger partial charge is 0.573 e. The van der Waals surface area contributed by atoms with E-state index in [2.05, 4.69) is 35.3 Å². The summed E-state index contributed by atoms with van der Waals surface area (Å²) in [6.45, 7) is 3.46. The first kappa shape index (κ1) is 24.8. The third-order valence-electron chi connectivity index (χ3n) is 5.21. The van der Waals surface area contributed by atoms with Crippen LogP contribution in [0.3, 0.4) is 0 Å². The summed E-state index contributed by atoms with van der Waals surface area (Å²) in [7, 11) is 0. The molecule has 35 heavy (non-hydrogen) atoms. The van der Waals surface area contributed by atoms with Gasteiger partial charge < -0.3 is 19.7 Å². The molecule has 2 aromatic heterocycles. The summed E-state index contributed by atoms with van der Waals surface area (Å²) >= 11 is 1.26. The number of carbonyl (C=O) groups is 1. The molecule has 1 aliphatic rings. The van der Waals surface area contributed by atoms with Crippen LogP contribution < -0.4 is 15.0 Å². The van der Waals surface area contributed by atoms with Gasteiger partial charge in [0.2, 0.25) is 5.13 Å². The van der Waals surface area contributed by atoms with Crippen molar-refractivity contribution >= 4 is 28.1 Å². The predicted octanol–water partition coefficient (Wildman–Crippen LogP) is 3.81. The summed E-state index contributed by atoms with van der Waals surface area (Å²) in [4.78, 5) is 15.1. The molecule has 1 N–H and O–H groups in total. The second-order valence-corrected chi connectivity index (χ2v) is 8.82. The summed E-state index contributed by atoms with van der Waals surface area (Å²) in [6, 6.07) is 9.12. The molecule has 4 rings (SSSR count). The van der Waals surface area contributed by atoms with Gasteiger partial charge in [-0.15, -0.1) is 28.5 Å². The zero-order chi connectivity index (χ0) is 24.8. The normalized spacial score (nSPS) is 16.8. The van der Waals surface area contributed by atoms with Crippen molar-refractivity contribution in [3.8, 4) is 5.75 Å². The van der Waals surface area contributed by atoms with E-state index in [1.54, 1.807) is 13.1 Å². The van der Waals surface area contributed by atoms with Gasteiger partial charge in [0.1, 0.15) is 16.9 Å². The van der Waals surface area contributed by atoms with Gasteiger partial charge in [0.15, 0.2) is 11.6 Å². The van der Waals surface area contributed by atoms with Gasteiger partial charge in [-0.1, -0.05) is 23.5 Å². The highest BCUT2D eigenvalue weighted by Gasteiger charge is 2.32. The van der Waals surface area contributed by atoms with Gasteiger partial charge in [0.25, 0.3) is 0 Å². The first-order valence-corrected chi connectivity index (χ1v) is 11.7. The van der Waals surface area contributed by atoms with E-state index in [1.165, 1.54) is 29.5 Å². The molecule has 1 aliphatic heterocycles. The van der Waals surface area contributed by atoms with Crippen molar-refractivity contribution < 1.29 is 27.4 Å². The number of ether oxygens (including phenoxy) is 2. The monoisotopic (exact) mass is 508 g/mol. The first-order chi connectivity index (χ1) is 16.8. The molecule has 1 saturated heterocycles. The molecule has 0 aliphatic carbocycles. The van der Waals surface area contributed by atoms with E-state index in [0.717, 1.165) is 31.4 Å². The Morgan fingerprint density at radius 2 is 2.11 bits per heavy atom. The van der Waals surface area contributed by atoms with Crippen LogP contribution >= 0.6 is 11.3 Å². The van der Waals surface area contributed by atoms with Crippen LogP contribution in [0.25, 0.3) is 0 Å². The van der Waals surface area contributed by atoms with Crippen molar-refractivity contribution in [1.82, 2.24) is 20.4 Å². The lowest BCUT2D eigenvalue weighted by atomic mass is 10.0. The maximum Gasteiger partial charge on any atom is 0.573 e. The van der Waals surface area contributed by atoms with Gasteiger partial charge in [0.05, 0.1) is 6.42 Å². The molecule has 0 amide bonds. The Labute approximate surface area is 203 Å². The van der Waals surface area contributed by atoms with Gasteiger partial charge in [-0.05, 0) is 43.2 Å². The number of alkyl halides is 3. The molecular formula is C22H23F3N6O3S. The Balaban J connectivity index is 1.37. The van der Waals surface area contributed by atoms with Crippen LogP contribution in [0.15, 0.2) is 42.6 Å². The molecule has 13 heteroatoms. The summed E-state index contributed by atoms with van der Waals surface area (Å²) in [5.41, 5.74) is 0.275. The molecule has 0 unspecified atom stereocenters. The number of aromatic nitrogens is 4. The number of nitrogens with zero attached hydrogens (tertiary/aromatic N) is 5. The number of carbonyl (C=O) groups excluding carboxylic acids is 1. The zero-order valence-electron chi connectivity index (χ0n) is 18.7. The molecule has 0 bridgehead atoms. The number of rotatable bonds is 10. The number of ketones is 1. The minimum atomic E-state index is -4.83. The van der Waals surface area contributed by atoms with Gasteiger partial charge in [-0.2, -0.15) is 5.10 Å². The molecule has 3 heterocycles. The fourth-order valence-corrected chi connectivity index (χ4v) is 4.59. The Bertz CT molecular complexity index is 1130. The number of Topliss-reactive ketones (excluding diaryl/α,β-unsaturated/α-hetero) is 1. The Kier molecular flexibility index (Phi) is 7.76. The number of anilines is 2. The van der Waals surface area contributed by atoms with E-state index < -0.39 is 18.2 Å². The number of benzene rings is 1. The van der Waals surface area contributed by atoms with Crippen molar-refractivity contribution in [2.24, 2.45) is 0 Å². The zero-order valence-corrected chi connectivity index (χ0v) is 19.6. The van der Waals surface area contributed by atoms with Crippen LogP contribution in [0.2, 0.25) is 0 Å². The van der Waals surface area contributed by atoms with Crippen molar-refractivity contribution in [2.75, 3.05) is 29.9 Å². The van der Waals surface area contributed by atoms with Crippen molar-refractivity contribution in [1.29, 1.82) is 0 Å². The second-order valence-electron chi connectivity index (χ2n) is 7.76. The third-order valence-corrected chi connectivity index (χ3v) is 6.07. The Morgan fingerprint density at radius 3 is 2.86 bits per heavy atom. The van der Waals surface area contributed by atoms with Crippen LogP contribution in [0, 0.1) is 0 Å². The lowest BCUT2D eigenvalue weighted by Crippen LogP contribution is -2.26. The highest BCUT2D eigenvalue weighted by Crippen LogP contribution is 2.29. The summed E-state index contributed by atoms with van der Waals surface area (Å²) in [5.74, 6) is 0.0578. The number of hydrogen-bond acceptors (Lipinski definition) is 10. The van der Waals surface area contributed by atoms with Crippen molar-refractivity contribution in [2.45, 2.75) is 38.3 Å².